The number of nitrogens with zero attached hydrogens (tertiary/aromatic N) is 2. The summed E-state index contributed by atoms with van der Waals surface area (Å²) in [6.45, 7) is 6.17. The largest absolute Gasteiger partial charge is 0.490 e. The second-order valence-corrected chi connectivity index (χ2v) is 4.46. The van der Waals surface area contributed by atoms with Gasteiger partial charge in [0.15, 0.2) is 5.75 Å². The van der Waals surface area contributed by atoms with Crippen LogP contribution in [0.3, 0.4) is 0 Å². The fourth-order valence-electron chi connectivity index (χ4n) is 2.05. The third kappa shape index (κ3) is 4.56. The molecule has 0 bridgehead atoms. The normalized spacial score (nSPS) is 19.7. The van der Waals surface area contributed by atoms with Crippen molar-refractivity contribution in [3.8, 4) is 5.75 Å². The van der Waals surface area contributed by atoms with Crippen LogP contribution in [0.4, 0.5) is 0 Å². The zero-order valence-corrected chi connectivity index (χ0v) is 11.2. The lowest BCUT2D eigenvalue weighted by molar-refractivity contribution is 0.218. The van der Waals surface area contributed by atoms with E-state index in [0.29, 0.717) is 5.92 Å². The molecule has 1 aliphatic heterocycles. The fraction of sp³-hybridized carbons (Fsp3) is 0.750. The fourth-order valence-corrected chi connectivity index (χ4v) is 2.05. The molecule has 98 valence electrons. The van der Waals surface area contributed by atoms with E-state index in [2.05, 4.69) is 17.3 Å². The summed E-state index contributed by atoms with van der Waals surface area (Å²) >= 11 is 0. The van der Waals surface area contributed by atoms with E-state index in [9.17, 15) is 0 Å². The monoisotopic (exact) mass is 259 g/mol. The molecule has 0 aliphatic carbocycles. The van der Waals surface area contributed by atoms with Crippen molar-refractivity contribution in [3.05, 3.63) is 12.4 Å². The van der Waals surface area contributed by atoms with Crippen LogP contribution in [0.15, 0.2) is 12.4 Å². The summed E-state index contributed by atoms with van der Waals surface area (Å²) in [4.78, 5) is 0. The summed E-state index contributed by atoms with van der Waals surface area (Å²) in [6.07, 6.45) is 7.44. The van der Waals surface area contributed by atoms with Gasteiger partial charge in [0.2, 0.25) is 0 Å². The van der Waals surface area contributed by atoms with Crippen molar-refractivity contribution in [2.45, 2.75) is 32.7 Å². The highest BCUT2D eigenvalue weighted by molar-refractivity contribution is 5.85. The molecule has 1 aromatic heterocycles. The van der Waals surface area contributed by atoms with Gasteiger partial charge in [0, 0.05) is 19.0 Å². The Morgan fingerprint density at radius 1 is 1.59 bits per heavy atom. The molecule has 2 heterocycles. The van der Waals surface area contributed by atoms with Crippen LogP contribution in [0.25, 0.3) is 0 Å². The Balaban J connectivity index is 0.00000144. The number of piperidine rings is 1. The smallest absolute Gasteiger partial charge is 0.157 e. The van der Waals surface area contributed by atoms with Gasteiger partial charge in [-0.15, -0.1) is 12.4 Å². The molecule has 1 fully saturated rings. The minimum Gasteiger partial charge on any atom is -0.490 e. The third-order valence-corrected chi connectivity index (χ3v) is 2.95. The lowest BCUT2D eigenvalue weighted by atomic mass is 10.0. The molecule has 2 rings (SSSR count). The van der Waals surface area contributed by atoms with Gasteiger partial charge in [0.1, 0.15) is 0 Å². The molecule has 0 saturated carbocycles. The van der Waals surface area contributed by atoms with Gasteiger partial charge in [0.05, 0.1) is 19.0 Å². The van der Waals surface area contributed by atoms with Crippen LogP contribution in [0.1, 0.15) is 26.2 Å². The topological polar surface area (TPSA) is 39.1 Å². The van der Waals surface area contributed by atoms with Crippen LogP contribution in [-0.2, 0) is 6.54 Å². The predicted octanol–water partition coefficient (Wildman–Crippen LogP) is 2.09. The quantitative estimate of drug-likeness (QED) is 0.880. The summed E-state index contributed by atoms with van der Waals surface area (Å²) in [5.41, 5.74) is 0. The van der Waals surface area contributed by atoms with Gasteiger partial charge in [-0.2, -0.15) is 5.10 Å². The van der Waals surface area contributed by atoms with Crippen LogP contribution in [0, 0.1) is 5.92 Å². The van der Waals surface area contributed by atoms with E-state index in [0.717, 1.165) is 38.4 Å². The molecule has 1 aromatic rings. The van der Waals surface area contributed by atoms with Crippen molar-refractivity contribution in [3.63, 3.8) is 0 Å². The lowest BCUT2D eigenvalue weighted by Gasteiger charge is -2.22. The highest BCUT2D eigenvalue weighted by Crippen LogP contribution is 2.14. The van der Waals surface area contributed by atoms with Crippen molar-refractivity contribution in [1.82, 2.24) is 15.1 Å². The molecular weight excluding hydrogens is 238 g/mol. The number of ether oxygens (including phenoxy) is 1. The molecule has 4 nitrogen and oxygen atoms in total. The van der Waals surface area contributed by atoms with Crippen LogP contribution < -0.4 is 10.1 Å². The Bertz CT molecular complexity index is 310. The average molecular weight is 260 g/mol. The van der Waals surface area contributed by atoms with Gasteiger partial charge >= 0.3 is 0 Å². The second-order valence-electron chi connectivity index (χ2n) is 4.46. The molecule has 1 atom stereocenters. The number of nitrogens with one attached hydrogen (secondary N) is 1. The van der Waals surface area contributed by atoms with Crippen molar-refractivity contribution in [2.75, 3.05) is 19.7 Å². The van der Waals surface area contributed by atoms with E-state index in [4.69, 9.17) is 4.74 Å². The zero-order chi connectivity index (χ0) is 11.2. The number of aromatic nitrogens is 2. The summed E-state index contributed by atoms with van der Waals surface area (Å²) in [7, 11) is 0. The van der Waals surface area contributed by atoms with Crippen LogP contribution in [0.2, 0.25) is 0 Å². The maximum Gasteiger partial charge on any atom is 0.157 e. The first-order valence-corrected chi connectivity index (χ1v) is 6.24. The van der Waals surface area contributed by atoms with Gasteiger partial charge in [-0.1, -0.05) is 6.92 Å². The van der Waals surface area contributed by atoms with E-state index in [1.807, 2.05) is 17.1 Å². The summed E-state index contributed by atoms with van der Waals surface area (Å²) < 4.78 is 7.69. The summed E-state index contributed by atoms with van der Waals surface area (Å²) in [5, 5.41) is 7.64. The second kappa shape index (κ2) is 7.56. The number of halogens is 1. The first-order valence-electron chi connectivity index (χ1n) is 6.24. The van der Waals surface area contributed by atoms with Gasteiger partial charge in [-0.25, -0.2) is 0 Å². The van der Waals surface area contributed by atoms with Gasteiger partial charge in [0.25, 0.3) is 0 Å². The first-order chi connectivity index (χ1) is 7.88. The molecule has 0 aromatic carbocycles. The molecule has 1 N–H and O–H groups in total. The maximum atomic E-state index is 5.75. The minimum atomic E-state index is 0. The molecule has 0 radical (unpaired) electrons. The number of aryl methyl sites for hydroxylation is 1. The Morgan fingerprint density at radius 2 is 2.47 bits per heavy atom. The van der Waals surface area contributed by atoms with Gasteiger partial charge < -0.3 is 10.1 Å². The van der Waals surface area contributed by atoms with E-state index in [1.54, 1.807) is 0 Å². The Morgan fingerprint density at radius 3 is 3.18 bits per heavy atom. The Labute approximate surface area is 109 Å². The number of rotatable bonds is 5. The van der Waals surface area contributed by atoms with Gasteiger partial charge in [-0.3, -0.25) is 4.68 Å². The van der Waals surface area contributed by atoms with Crippen molar-refractivity contribution < 1.29 is 4.74 Å². The van der Waals surface area contributed by atoms with Crippen LogP contribution in [-0.4, -0.2) is 29.5 Å². The first kappa shape index (κ1) is 14.3. The number of hydrogen-bond acceptors (Lipinski definition) is 3. The molecule has 1 unspecified atom stereocenters. The minimum absolute atomic E-state index is 0. The molecular formula is C12H22ClN3O. The molecule has 1 saturated heterocycles. The van der Waals surface area contributed by atoms with E-state index >= 15 is 0 Å². The van der Waals surface area contributed by atoms with Crippen LogP contribution >= 0.6 is 12.4 Å². The Kier molecular flexibility index (Phi) is 6.37. The third-order valence-electron chi connectivity index (χ3n) is 2.95. The van der Waals surface area contributed by atoms with Crippen molar-refractivity contribution in [2.24, 2.45) is 5.92 Å². The maximum absolute atomic E-state index is 5.75. The molecule has 17 heavy (non-hydrogen) atoms. The van der Waals surface area contributed by atoms with Crippen LogP contribution in [0.5, 0.6) is 5.75 Å². The van der Waals surface area contributed by atoms with E-state index in [1.165, 1.54) is 12.8 Å². The highest BCUT2D eigenvalue weighted by Gasteiger charge is 2.13. The Hall–Kier alpha value is -0.740. The van der Waals surface area contributed by atoms with E-state index in [-0.39, 0.29) is 12.4 Å². The van der Waals surface area contributed by atoms with Crippen molar-refractivity contribution in [1.29, 1.82) is 0 Å². The molecule has 0 spiro atoms. The summed E-state index contributed by atoms with van der Waals surface area (Å²) in [5.74, 6) is 1.56. The van der Waals surface area contributed by atoms with Gasteiger partial charge in [-0.05, 0) is 25.8 Å². The zero-order valence-electron chi connectivity index (χ0n) is 10.4. The average Bonchev–Trinajstić information content (AvgIpc) is 2.76. The molecule has 1 aliphatic rings. The summed E-state index contributed by atoms with van der Waals surface area (Å²) in [6, 6.07) is 0. The molecule has 5 heteroatoms. The lowest BCUT2D eigenvalue weighted by Crippen LogP contribution is -2.32. The van der Waals surface area contributed by atoms with Crippen molar-refractivity contribution >= 4 is 12.4 Å². The highest BCUT2D eigenvalue weighted by atomic mass is 35.5. The predicted molar refractivity (Wildman–Crippen MR) is 70.9 cm³/mol. The van der Waals surface area contributed by atoms with E-state index < -0.39 is 0 Å². The number of hydrogen-bond donors (Lipinski definition) is 1. The molecule has 0 amide bonds. The SMILES string of the molecule is CCCn1cc(OCC2CCCNC2)cn1.Cl. The standard InChI is InChI=1S/C12H21N3O.ClH/c1-2-6-15-9-12(8-14-15)16-10-11-4-3-5-13-7-11;/h8-9,11,13H,2-7,10H2,1H3;1H.